The van der Waals surface area contributed by atoms with Crippen LogP contribution in [0.3, 0.4) is 0 Å². The van der Waals surface area contributed by atoms with Crippen molar-refractivity contribution in [2.24, 2.45) is 35.5 Å². The van der Waals surface area contributed by atoms with E-state index in [0.717, 1.165) is 36.5 Å². The molecule has 144 valence electrons. The fraction of sp³-hybridized carbons (Fsp3) is 0.875. The Morgan fingerprint density at radius 2 is 1.44 bits per heavy atom. The Morgan fingerprint density at radius 1 is 0.920 bits per heavy atom. The van der Waals surface area contributed by atoms with Crippen LogP contribution in [0.15, 0.2) is 12.7 Å². The molecule has 0 aromatic rings. The summed E-state index contributed by atoms with van der Waals surface area (Å²) in [5.41, 5.74) is 0. The fourth-order valence-corrected chi connectivity index (χ4v) is 5.94. The minimum Gasteiger partial charge on any atom is -0.295 e. The number of carbonyl (C=O) groups is 1. The molecule has 2 aliphatic carbocycles. The summed E-state index contributed by atoms with van der Waals surface area (Å²) in [5.74, 6) is 4.96. The summed E-state index contributed by atoms with van der Waals surface area (Å²) >= 11 is 0. The van der Waals surface area contributed by atoms with Crippen molar-refractivity contribution < 1.29 is 4.79 Å². The zero-order valence-electron chi connectivity index (χ0n) is 17.1. The topological polar surface area (TPSA) is 17.1 Å². The van der Waals surface area contributed by atoms with Gasteiger partial charge < -0.3 is 0 Å². The van der Waals surface area contributed by atoms with Gasteiger partial charge in [0, 0.05) is 5.92 Å². The predicted octanol–water partition coefficient (Wildman–Crippen LogP) is 7.21. The molecule has 0 aromatic carbocycles. The second-order valence-corrected chi connectivity index (χ2v) is 9.11. The van der Waals surface area contributed by atoms with Gasteiger partial charge in [-0.25, -0.2) is 0 Å². The van der Waals surface area contributed by atoms with Crippen LogP contribution in [0.2, 0.25) is 0 Å². The highest BCUT2D eigenvalue weighted by Crippen LogP contribution is 2.44. The van der Waals surface area contributed by atoms with Crippen molar-refractivity contribution in [2.75, 3.05) is 0 Å². The van der Waals surface area contributed by atoms with Gasteiger partial charge in [-0.2, -0.15) is 0 Å². The van der Waals surface area contributed by atoms with Crippen LogP contribution in [-0.2, 0) is 4.79 Å². The molecule has 2 fully saturated rings. The van der Waals surface area contributed by atoms with Gasteiger partial charge in [0.2, 0.25) is 0 Å². The number of rotatable bonds is 9. The van der Waals surface area contributed by atoms with Gasteiger partial charge >= 0.3 is 0 Å². The number of carbonyl (C=O) groups excluding carboxylic acids is 1. The van der Waals surface area contributed by atoms with Crippen LogP contribution in [0.25, 0.3) is 0 Å². The Morgan fingerprint density at radius 3 is 1.92 bits per heavy atom. The second-order valence-electron chi connectivity index (χ2n) is 9.11. The fourth-order valence-electron chi connectivity index (χ4n) is 5.94. The zero-order chi connectivity index (χ0) is 18.2. The molecule has 2 unspecified atom stereocenters. The van der Waals surface area contributed by atoms with Crippen molar-refractivity contribution >= 4 is 5.78 Å². The highest BCUT2D eigenvalue weighted by molar-refractivity contribution is 5.91. The standard InChI is InChI=1S/C24H42O/c1-5-8-19-10-12-20(13-11-19)18(4)21-14-16-22(17-15-21)23(9-6-2)24(25)7-3/h7,18-23H,3,5-6,8-17H2,1-2,4H3. The first-order chi connectivity index (χ1) is 12.1. The Labute approximate surface area is 157 Å². The lowest BCUT2D eigenvalue weighted by molar-refractivity contribution is -0.120. The Hall–Kier alpha value is -0.590. The normalized spacial score (nSPS) is 32.8. The molecule has 1 nitrogen and oxygen atoms in total. The first kappa shape index (κ1) is 20.7. The van der Waals surface area contributed by atoms with Crippen LogP contribution in [0.1, 0.15) is 97.8 Å². The first-order valence-electron chi connectivity index (χ1n) is 11.3. The summed E-state index contributed by atoms with van der Waals surface area (Å²) in [6.07, 6.45) is 17.7. The van der Waals surface area contributed by atoms with E-state index in [4.69, 9.17) is 0 Å². The van der Waals surface area contributed by atoms with Crippen molar-refractivity contribution in [3.63, 3.8) is 0 Å². The predicted molar refractivity (Wildman–Crippen MR) is 109 cm³/mol. The van der Waals surface area contributed by atoms with E-state index in [-0.39, 0.29) is 5.92 Å². The molecule has 0 bridgehead atoms. The molecule has 0 saturated heterocycles. The van der Waals surface area contributed by atoms with Gasteiger partial charge in [-0.15, -0.1) is 0 Å². The number of hydrogen-bond acceptors (Lipinski definition) is 1. The molecule has 0 N–H and O–H groups in total. The highest BCUT2D eigenvalue weighted by atomic mass is 16.1. The Kier molecular flexibility index (Phi) is 8.73. The maximum absolute atomic E-state index is 12.2. The average Bonchev–Trinajstić information content (AvgIpc) is 2.66. The van der Waals surface area contributed by atoms with Crippen LogP contribution >= 0.6 is 0 Å². The van der Waals surface area contributed by atoms with Gasteiger partial charge in [-0.05, 0) is 80.6 Å². The van der Waals surface area contributed by atoms with Gasteiger partial charge in [0.05, 0.1) is 0 Å². The third kappa shape index (κ3) is 5.69. The summed E-state index contributed by atoms with van der Waals surface area (Å²) in [6, 6.07) is 0. The van der Waals surface area contributed by atoms with Gasteiger partial charge in [0.15, 0.2) is 5.78 Å². The third-order valence-corrected chi connectivity index (χ3v) is 7.63. The average molecular weight is 347 g/mol. The highest BCUT2D eigenvalue weighted by Gasteiger charge is 2.35. The largest absolute Gasteiger partial charge is 0.295 e. The lowest BCUT2D eigenvalue weighted by Crippen LogP contribution is -2.31. The molecule has 0 heterocycles. The van der Waals surface area contributed by atoms with Gasteiger partial charge in [-0.3, -0.25) is 4.79 Å². The molecular formula is C24H42O. The molecule has 2 atom stereocenters. The minimum absolute atomic E-state index is 0.253. The van der Waals surface area contributed by atoms with E-state index in [9.17, 15) is 4.79 Å². The van der Waals surface area contributed by atoms with Gasteiger partial charge in [0.1, 0.15) is 0 Å². The van der Waals surface area contributed by atoms with Gasteiger partial charge in [0.25, 0.3) is 0 Å². The van der Waals surface area contributed by atoms with E-state index >= 15 is 0 Å². The van der Waals surface area contributed by atoms with E-state index in [0.29, 0.717) is 11.7 Å². The maximum Gasteiger partial charge on any atom is 0.158 e. The smallest absolute Gasteiger partial charge is 0.158 e. The van der Waals surface area contributed by atoms with Crippen LogP contribution in [0.5, 0.6) is 0 Å². The summed E-state index contributed by atoms with van der Waals surface area (Å²) in [5, 5.41) is 0. The number of ketones is 1. The Bertz CT molecular complexity index is 396. The molecule has 25 heavy (non-hydrogen) atoms. The SMILES string of the molecule is C=CC(=O)C(CCC)C1CCC(C(C)C2CCC(CCC)CC2)CC1. The molecule has 0 aromatic heterocycles. The zero-order valence-corrected chi connectivity index (χ0v) is 17.1. The minimum atomic E-state index is 0.253. The first-order valence-corrected chi connectivity index (χ1v) is 11.3. The van der Waals surface area contributed by atoms with Crippen LogP contribution in [-0.4, -0.2) is 5.78 Å². The molecule has 0 aliphatic heterocycles. The van der Waals surface area contributed by atoms with Crippen LogP contribution in [0, 0.1) is 35.5 Å². The molecule has 2 saturated carbocycles. The van der Waals surface area contributed by atoms with Crippen molar-refractivity contribution in [1.29, 1.82) is 0 Å². The molecule has 0 radical (unpaired) electrons. The Balaban J connectivity index is 1.81. The molecular weight excluding hydrogens is 304 g/mol. The van der Waals surface area contributed by atoms with Crippen LogP contribution < -0.4 is 0 Å². The van der Waals surface area contributed by atoms with E-state index < -0.39 is 0 Å². The molecule has 1 heteroatoms. The second kappa shape index (κ2) is 10.5. The van der Waals surface area contributed by atoms with E-state index in [1.165, 1.54) is 64.2 Å². The summed E-state index contributed by atoms with van der Waals surface area (Å²) in [7, 11) is 0. The van der Waals surface area contributed by atoms with E-state index in [1.807, 2.05) is 0 Å². The van der Waals surface area contributed by atoms with Crippen molar-refractivity contribution in [3.05, 3.63) is 12.7 Å². The molecule has 0 amide bonds. The molecule has 2 aliphatic rings. The molecule has 0 spiro atoms. The van der Waals surface area contributed by atoms with Crippen molar-refractivity contribution in [1.82, 2.24) is 0 Å². The van der Waals surface area contributed by atoms with Crippen molar-refractivity contribution in [2.45, 2.75) is 97.8 Å². The number of allylic oxidation sites excluding steroid dienone is 1. The van der Waals surface area contributed by atoms with E-state index in [1.54, 1.807) is 6.08 Å². The lowest BCUT2D eigenvalue weighted by Gasteiger charge is -2.40. The van der Waals surface area contributed by atoms with Crippen LogP contribution in [0.4, 0.5) is 0 Å². The monoisotopic (exact) mass is 346 g/mol. The van der Waals surface area contributed by atoms with E-state index in [2.05, 4.69) is 27.4 Å². The van der Waals surface area contributed by atoms with Gasteiger partial charge in [-0.1, -0.05) is 59.5 Å². The third-order valence-electron chi connectivity index (χ3n) is 7.63. The maximum atomic E-state index is 12.2. The summed E-state index contributed by atoms with van der Waals surface area (Å²) < 4.78 is 0. The number of hydrogen-bond donors (Lipinski definition) is 0. The summed E-state index contributed by atoms with van der Waals surface area (Å²) in [4.78, 5) is 12.2. The molecule has 2 rings (SSSR count). The quantitative estimate of drug-likeness (QED) is 0.403. The van der Waals surface area contributed by atoms with Crippen molar-refractivity contribution in [3.8, 4) is 0 Å². The lowest BCUT2D eigenvalue weighted by atomic mass is 9.65. The summed E-state index contributed by atoms with van der Waals surface area (Å²) in [6.45, 7) is 10.8.